The van der Waals surface area contributed by atoms with Gasteiger partial charge in [-0.15, -0.1) is 12.4 Å². The third-order valence-electron chi connectivity index (χ3n) is 3.93. The molecule has 3 N–H and O–H groups in total. The normalized spacial score (nSPS) is 22.3. The fourth-order valence-electron chi connectivity index (χ4n) is 2.76. The summed E-state index contributed by atoms with van der Waals surface area (Å²) in [7, 11) is 0. The number of nitrogen functional groups attached to an aromatic ring is 1. The number of halogens is 1. The van der Waals surface area contributed by atoms with Gasteiger partial charge in [-0.2, -0.15) is 0 Å². The molecule has 0 bridgehead atoms. The number of hydrogen-bond donors (Lipinski definition) is 2. The minimum atomic E-state index is 0. The number of carbonyl (C=O) groups excluding carboxylic acids is 1. The fourth-order valence-corrected chi connectivity index (χ4v) is 2.76. The molecule has 0 aromatic heterocycles. The van der Waals surface area contributed by atoms with Crippen LogP contribution in [0.5, 0.6) is 0 Å². The molecule has 1 saturated heterocycles. The van der Waals surface area contributed by atoms with Crippen molar-refractivity contribution < 1.29 is 4.79 Å². The fraction of sp³-hybridized carbons (Fsp3) is 0.533. The summed E-state index contributed by atoms with van der Waals surface area (Å²) >= 11 is 0. The summed E-state index contributed by atoms with van der Waals surface area (Å²) in [6.07, 6.45) is 4.37. The predicted molar refractivity (Wildman–Crippen MR) is 82.7 cm³/mol. The molecular formula is C15H22ClN3O. The van der Waals surface area contributed by atoms with Crippen LogP contribution < -0.4 is 11.1 Å². The largest absolute Gasteiger partial charge is 0.399 e. The standard InChI is InChI=1S/C15H21N3O.ClH/c16-12-4-1-3-11(9-12)10-18-8-2-5-14(18)15(19)17-13-6-7-13;/h1,3-4,9,13-14H,2,5-8,10,16H2,(H,17,19);1H. The van der Waals surface area contributed by atoms with Crippen molar-refractivity contribution >= 4 is 24.0 Å². The number of amides is 1. The van der Waals surface area contributed by atoms with Crippen LogP contribution in [-0.2, 0) is 11.3 Å². The zero-order valence-electron chi connectivity index (χ0n) is 11.5. The first kappa shape index (κ1) is 15.1. The Kier molecular flexibility index (Phi) is 4.89. The van der Waals surface area contributed by atoms with Crippen LogP contribution in [0.4, 0.5) is 5.69 Å². The molecule has 0 spiro atoms. The summed E-state index contributed by atoms with van der Waals surface area (Å²) in [6, 6.07) is 8.42. The van der Waals surface area contributed by atoms with E-state index in [1.807, 2.05) is 18.2 Å². The third-order valence-corrected chi connectivity index (χ3v) is 3.93. The molecule has 110 valence electrons. The average Bonchev–Trinajstić information content (AvgIpc) is 3.06. The van der Waals surface area contributed by atoms with Gasteiger partial charge in [0, 0.05) is 18.3 Å². The highest BCUT2D eigenvalue weighted by Gasteiger charge is 2.33. The van der Waals surface area contributed by atoms with E-state index in [0.717, 1.165) is 44.5 Å². The van der Waals surface area contributed by atoms with Crippen LogP contribution in [-0.4, -0.2) is 29.4 Å². The Labute approximate surface area is 126 Å². The van der Waals surface area contributed by atoms with E-state index < -0.39 is 0 Å². The van der Waals surface area contributed by atoms with E-state index in [1.165, 1.54) is 5.56 Å². The minimum absolute atomic E-state index is 0. The second kappa shape index (κ2) is 6.46. The Morgan fingerprint density at radius 3 is 2.85 bits per heavy atom. The molecule has 3 rings (SSSR count). The first-order valence-corrected chi connectivity index (χ1v) is 7.11. The molecule has 2 fully saturated rings. The molecule has 1 aliphatic carbocycles. The summed E-state index contributed by atoms with van der Waals surface area (Å²) in [5.41, 5.74) is 7.78. The van der Waals surface area contributed by atoms with E-state index in [2.05, 4.69) is 16.3 Å². The van der Waals surface area contributed by atoms with Crippen LogP contribution >= 0.6 is 12.4 Å². The van der Waals surface area contributed by atoms with E-state index >= 15 is 0 Å². The van der Waals surface area contributed by atoms with Crippen molar-refractivity contribution in [2.75, 3.05) is 12.3 Å². The van der Waals surface area contributed by atoms with Gasteiger partial charge in [0.2, 0.25) is 5.91 Å². The minimum Gasteiger partial charge on any atom is -0.399 e. The van der Waals surface area contributed by atoms with Gasteiger partial charge in [-0.1, -0.05) is 12.1 Å². The van der Waals surface area contributed by atoms with Crippen molar-refractivity contribution in [3.8, 4) is 0 Å². The maximum atomic E-state index is 12.2. The van der Waals surface area contributed by atoms with Crippen LogP contribution in [0, 0.1) is 0 Å². The highest BCUT2D eigenvalue weighted by atomic mass is 35.5. The number of hydrogen-bond acceptors (Lipinski definition) is 3. The molecule has 1 saturated carbocycles. The lowest BCUT2D eigenvalue weighted by molar-refractivity contribution is -0.125. The zero-order valence-corrected chi connectivity index (χ0v) is 12.4. The van der Waals surface area contributed by atoms with Crippen molar-refractivity contribution in [1.82, 2.24) is 10.2 Å². The smallest absolute Gasteiger partial charge is 0.237 e. The lowest BCUT2D eigenvalue weighted by Crippen LogP contribution is -2.43. The maximum absolute atomic E-state index is 12.2. The molecule has 20 heavy (non-hydrogen) atoms. The van der Waals surface area contributed by atoms with Gasteiger partial charge in [0.05, 0.1) is 6.04 Å². The highest BCUT2D eigenvalue weighted by Crippen LogP contribution is 2.24. The van der Waals surface area contributed by atoms with Crippen molar-refractivity contribution in [2.45, 2.75) is 44.3 Å². The molecule has 1 amide bonds. The monoisotopic (exact) mass is 295 g/mol. The summed E-state index contributed by atoms with van der Waals surface area (Å²) < 4.78 is 0. The molecule has 1 unspecified atom stereocenters. The number of anilines is 1. The number of nitrogens with two attached hydrogens (primary N) is 1. The maximum Gasteiger partial charge on any atom is 0.237 e. The first-order valence-electron chi connectivity index (χ1n) is 7.11. The van der Waals surface area contributed by atoms with E-state index in [-0.39, 0.29) is 24.4 Å². The Bertz CT molecular complexity index is 476. The van der Waals surface area contributed by atoms with Crippen LogP contribution in [0.2, 0.25) is 0 Å². The van der Waals surface area contributed by atoms with Gasteiger partial charge < -0.3 is 11.1 Å². The quantitative estimate of drug-likeness (QED) is 0.835. The molecule has 1 aromatic carbocycles. The topological polar surface area (TPSA) is 58.4 Å². The molecule has 1 aromatic rings. The Morgan fingerprint density at radius 1 is 1.35 bits per heavy atom. The Balaban J connectivity index is 0.00000147. The van der Waals surface area contributed by atoms with Crippen LogP contribution in [0.15, 0.2) is 24.3 Å². The van der Waals surface area contributed by atoms with E-state index in [4.69, 9.17) is 5.73 Å². The van der Waals surface area contributed by atoms with E-state index in [0.29, 0.717) is 6.04 Å². The van der Waals surface area contributed by atoms with Crippen LogP contribution in [0.3, 0.4) is 0 Å². The van der Waals surface area contributed by atoms with Crippen molar-refractivity contribution in [3.05, 3.63) is 29.8 Å². The van der Waals surface area contributed by atoms with Crippen molar-refractivity contribution in [2.24, 2.45) is 0 Å². The number of likely N-dealkylation sites (tertiary alicyclic amines) is 1. The molecular weight excluding hydrogens is 274 g/mol. The van der Waals surface area contributed by atoms with Gasteiger partial charge in [-0.3, -0.25) is 9.69 Å². The summed E-state index contributed by atoms with van der Waals surface area (Å²) in [5.74, 6) is 0.212. The number of carbonyl (C=O) groups is 1. The number of rotatable bonds is 4. The Hall–Kier alpha value is -1.26. The summed E-state index contributed by atoms with van der Waals surface area (Å²) in [5, 5.41) is 3.12. The van der Waals surface area contributed by atoms with Gasteiger partial charge in [0.1, 0.15) is 0 Å². The van der Waals surface area contributed by atoms with Gasteiger partial charge in [-0.25, -0.2) is 0 Å². The number of nitrogens with zero attached hydrogens (tertiary/aromatic N) is 1. The number of nitrogens with one attached hydrogen (secondary N) is 1. The first-order chi connectivity index (χ1) is 9.22. The zero-order chi connectivity index (χ0) is 13.2. The molecule has 1 atom stereocenters. The van der Waals surface area contributed by atoms with Crippen molar-refractivity contribution in [1.29, 1.82) is 0 Å². The second-order valence-electron chi connectivity index (χ2n) is 5.66. The lowest BCUT2D eigenvalue weighted by Gasteiger charge is -2.23. The summed E-state index contributed by atoms with van der Waals surface area (Å²) in [6.45, 7) is 1.81. The molecule has 1 heterocycles. The van der Waals surface area contributed by atoms with Gasteiger partial charge in [0.15, 0.2) is 0 Å². The number of benzene rings is 1. The van der Waals surface area contributed by atoms with E-state index in [1.54, 1.807) is 0 Å². The van der Waals surface area contributed by atoms with Gasteiger partial charge in [-0.05, 0) is 49.9 Å². The molecule has 5 heteroatoms. The van der Waals surface area contributed by atoms with Crippen molar-refractivity contribution in [3.63, 3.8) is 0 Å². The van der Waals surface area contributed by atoms with E-state index in [9.17, 15) is 4.79 Å². The molecule has 0 radical (unpaired) electrons. The van der Waals surface area contributed by atoms with Gasteiger partial charge >= 0.3 is 0 Å². The Morgan fingerprint density at radius 2 is 2.15 bits per heavy atom. The summed E-state index contributed by atoms with van der Waals surface area (Å²) in [4.78, 5) is 14.5. The lowest BCUT2D eigenvalue weighted by atomic mass is 10.1. The predicted octanol–water partition coefficient (Wildman–Crippen LogP) is 1.93. The third kappa shape index (κ3) is 3.64. The molecule has 4 nitrogen and oxygen atoms in total. The average molecular weight is 296 g/mol. The van der Waals surface area contributed by atoms with Crippen LogP contribution in [0.25, 0.3) is 0 Å². The molecule has 1 aliphatic heterocycles. The highest BCUT2D eigenvalue weighted by molar-refractivity contribution is 5.85. The molecule has 2 aliphatic rings. The SMILES string of the molecule is Cl.Nc1cccc(CN2CCCC2C(=O)NC2CC2)c1. The van der Waals surface area contributed by atoms with Crippen LogP contribution in [0.1, 0.15) is 31.2 Å². The van der Waals surface area contributed by atoms with Gasteiger partial charge in [0.25, 0.3) is 0 Å². The second-order valence-corrected chi connectivity index (χ2v) is 5.66.